The van der Waals surface area contributed by atoms with Crippen molar-refractivity contribution in [1.29, 1.82) is 0 Å². The van der Waals surface area contributed by atoms with Crippen LogP contribution >= 0.6 is 0 Å². The van der Waals surface area contributed by atoms with E-state index in [4.69, 9.17) is 10.7 Å². The van der Waals surface area contributed by atoms with Crippen molar-refractivity contribution < 1.29 is 0 Å². The van der Waals surface area contributed by atoms with Gasteiger partial charge in [0, 0.05) is 42.0 Å². The first kappa shape index (κ1) is 15.2. The van der Waals surface area contributed by atoms with Crippen LogP contribution in [0.15, 0.2) is 24.7 Å². The van der Waals surface area contributed by atoms with Crippen LogP contribution in [0.3, 0.4) is 0 Å². The van der Waals surface area contributed by atoms with E-state index < -0.39 is 0 Å². The van der Waals surface area contributed by atoms with Crippen LogP contribution in [0.25, 0.3) is 16.8 Å². The molecule has 3 aromatic rings. The average Bonchev–Trinajstić information content (AvgIpc) is 3.21. The second kappa shape index (κ2) is 5.92. The number of nitrogens with two attached hydrogens (primary N) is 1. The predicted octanol–water partition coefficient (Wildman–Crippen LogP) is 3.40. The van der Waals surface area contributed by atoms with E-state index >= 15 is 0 Å². The molecule has 1 saturated carbocycles. The van der Waals surface area contributed by atoms with Gasteiger partial charge < -0.3 is 5.73 Å². The van der Waals surface area contributed by atoms with E-state index in [0.717, 1.165) is 28.4 Å². The second-order valence-electron chi connectivity index (χ2n) is 6.93. The molecule has 1 fully saturated rings. The number of hydrogen-bond acceptors (Lipinski definition) is 4. The third-order valence-electron chi connectivity index (χ3n) is 5.38. The first-order valence-corrected chi connectivity index (χ1v) is 8.79. The molecule has 0 unspecified atom stereocenters. The normalized spacial score (nSPS) is 21.4. The lowest BCUT2D eigenvalue weighted by atomic mass is 9.79. The molecule has 0 spiro atoms. The zero-order valence-corrected chi connectivity index (χ0v) is 14.3. The molecule has 0 aliphatic heterocycles. The van der Waals surface area contributed by atoms with Gasteiger partial charge in [-0.1, -0.05) is 13.3 Å². The number of hydrogen-bond donors (Lipinski definition) is 1. The molecule has 1 aliphatic carbocycles. The van der Waals surface area contributed by atoms with Crippen LogP contribution in [0.1, 0.15) is 50.6 Å². The molecule has 3 heterocycles. The van der Waals surface area contributed by atoms with Gasteiger partial charge in [-0.05, 0) is 31.6 Å². The molecule has 4 rings (SSSR count). The van der Waals surface area contributed by atoms with E-state index in [9.17, 15) is 0 Å². The summed E-state index contributed by atoms with van der Waals surface area (Å²) in [6.45, 7) is 2.29. The van der Waals surface area contributed by atoms with Crippen molar-refractivity contribution >= 4 is 11.5 Å². The van der Waals surface area contributed by atoms with E-state index in [2.05, 4.69) is 17.1 Å². The van der Waals surface area contributed by atoms with Gasteiger partial charge in [-0.3, -0.25) is 4.68 Å². The topological polar surface area (TPSA) is 74.0 Å². The van der Waals surface area contributed by atoms with Gasteiger partial charge >= 0.3 is 0 Å². The molecule has 24 heavy (non-hydrogen) atoms. The fourth-order valence-corrected chi connectivity index (χ4v) is 3.85. The number of nitrogen functional groups attached to an aromatic ring is 1. The van der Waals surface area contributed by atoms with E-state index in [0.29, 0.717) is 11.7 Å². The number of fused-ring (bicyclic) bond motifs is 1. The van der Waals surface area contributed by atoms with Crippen molar-refractivity contribution in [2.75, 3.05) is 5.73 Å². The van der Waals surface area contributed by atoms with Crippen molar-refractivity contribution in [2.24, 2.45) is 13.0 Å². The fraction of sp³-hybridized carbons (Fsp3) is 0.500. The predicted molar refractivity (Wildman–Crippen MR) is 94.6 cm³/mol. The van der Waals surface area contributed by atoms with Crippen molar-refractivity contribution in [3.05, 3.63) is 30.4 Å². The van der Waals surface area contributed by atoms with Crippen molar-refractivity contribution in [1.82, 2.24) is 24.4 Å². The quantitative estimate of drug-likeness (QED) is 0.801. The van der Waals surface area contributed by atoms with Crippen molar-refractivity contribution in [2.45, 2.75) is 44.9 Å². The van der Waals surface area contributed by atoms with Crippen molar-refractivity contribution in [3.8, 4) is 11.1 Å². The largest absolute Gasteiger partial charge is 0.384 e. The van der Waals surface area contributed by atoms with Gasteiger partial charge in [-0.25, -0.2) is 4.98 Å². The summed E-state index contributed by atoms with van der Waals surface area (Å²) in [4.78, 5) is 4.94. The van der Waals surface area contributed by atoms with E-state index in [1.165, 1.54) is 32.1 Å². The zero-order chi connectivity index (χ0) is 16.7. The number of anilines is 1. The van der Waals surface area contributed by atoms with Crippen LogP contribution in [0.5, 0.6) is 0 Å². The molecule has 6 heteroatoms. The molecule has 6 nitrogen and oxygen atoms in total. The Morgan fingerprint density at radius 3 is 2.62 bits per heavy atom. The zero-order valence-electron chi connectivity index (χ0n) is 14.3. The smallest absolute Gasteiger partial charge is 0.165 e. The minimum Gasteiger partial charge on any atom is -0.384 e. The Morgan fingerprint density at radius 2 is 1.96 bits per heavy atom. The molecule has 0 saturated heterocycles. The lowest BCUT2D eigenvalue weighted by molar-refractivity contribution is 0.316. The Hall–Kier alpha value is -2.37. The van der Waals surface area contributed by atoms with Gasteiger partial charge in [0.05, 0.1) is 12.4 Å². The van der Waals surface area contributed by atoms with Crippen LogP contribution in [0.4, 0.5) is 5.82 Å². The van der Waals surface area contributed by atoms with E-state index in [-0.39, 0.29) is 0 Å². The Labute approximate surface area is 141 Å². The summed E-state index contributed by atoms with van der Waals surface area (Å²) in [6, 6.07) is 2.00. The van der Waals surface area contributed by atoms with Gasteiger partial charge in [0.15, 0.2) is 5.65 Å². The highest BCUT2D eigenvalue weighted by Gasteiger charge is 2.24. The van der Waals surface area contributed by atoms with Crippen LogP contribution in [-0.4, -0.2) is 24.4 Å². The third-order valence-corrected chi connectivity index (χ3v) is 5.38. The van der Waals surface area contributed by atoms with Gasteiger partial charge in [0.2, 0.25) is 0 Å². The van der Waals surface area contributed by atoms with Crippen LogP contribution in [-0.2, 0) is 7.05 Å². The lowest BCUT2D eigenvalue weighted by Crippen LogP contribution is -2.15. The number of aryl methyl sites for hydroxylation is 1. The molecule has 0 atom stereocenters. The third kappa shape index (κ3) is 2.56. The first-order valence-electron chi connectivity index (χ1n) is 8.79. The summed E-state index contributed by atoms with van der Waals surface area (Å²) in [7, 11) is 1.91. The summed E-state index contributed by atoms with van der Waals surface area (Å²) in [5, 5.41) is 8.66. The maximum atomic E-state index is 6.25. The monoisotopic (exact) mass is 324 g/mol. The van der Waals surface area contributed by atoms with Crippen molar-refractivity contribution in [3.63, 3.8) is 0 Å². The average molecular weight is 324 g/mol. The molecule has 0 aromatic carbocycles. The lowest BCUT2D eigenvalue weighted by Gasteiger charge is -2.27. The van der Waals surface area contributed by atoms with Gasteiger partial charge in [-0.2, -0.15) is 14.7 Å². The summed E-state index contributed by atoms with van der Waals surface area (Å²) >= 11 is 0. The molecule has 0 radical (unpaired) electrons. The molecule has 0 bridgehead atoms. The minimum atomic E-state index is 0.511. The SMILES string of the molecule is CCC1CCC(c2cc(N)n3ncc(-c4cnn(C)c4)c3n2)CC1. The van der Waals surface area contributed by atoms with Gasteiger partial charge in [0.1, 0.15) is 5.82 Å². The van der Waals surface area contributed by atoms with E-state index in [1.807, 2.05) is 31.7 Å². The van der Waals surface area contributed by atoms with Gasteiger partial charge in [-0.15, -0.1) is 0 Å². The maximum Gasteiger partial charge on any atom is 0.165 e. The Bertz CT molecular complexity index is 854. The fourth-order valence-electron chi connectivity index (χ4n) is 3.85. The highest BCUT2D eigenvalue weighted by molar-refractivity contribution is 5.77. The van der Waals surface area contributed by atoms with Crippen LogP contribution < -0.4 is 5.73 Å². The molecule has 2 N–H and O–H groups in total. The number of nitrogens with zero attached hydrogens (tertiary/aromatic N) is 5. The second-order valence-corrected chi connectivity index (χ2v) is 6.93. The molecule has 0 amide bonds. The summed E-state index contributed by atoms with van der Waals surface area (Å²) in [5.74, 6) is 2.04. The first-order chi connectivity index (χ1) is 11.7. The molecule has 3 aromatic heterocycles. The Kier molecular flexibility index (Phi) is 3.75. The Morgan fingerprint density at radius 1 is 1.17 bits per heavy atom. The molecular formula is C18H24N6. The van der Waals surface area contributed by atoms with E-state index in [1.54, 1.807) is 9.20 Å². The number of aromatic nitrogens is 5. The molecule has 1 aliphatic rings. The number of rotatable bonds is 3. The van der Waals surface area contributed by atoms with Crippen LogP contribution in [0, 0.1) is 5.92 Å². The summed E-state index contributed by atoms with van der Waals surface area (Å²) in [5.41, 5.74) is 10.2. The summed E-state index contributed by atoms with van der Waals surface area (Å²) in [6.07, 6.45) is 11.9. The van der Waals surface area contributed by atoms with Gasteiger partial charge in [0.25, 0.3) is 0 Å². The highest BCUT2D eigenvalue weighted by Crippen LogP contribution is 2.37. The minimum absolute atomic E-state index is 0.511. The molecular weight excluding hydrogens is 300 g/mol. The Balaban J connectivity index is 1.73. The summed E-state index contributed by atoms with van der Waals surface area (Å²) < 4.78 is 3.52. The molecule has 126 valence electrons. The highest BCUT2D eigenvalue weighted by atomic mass is 15.3. The maximum absolute atomic E-state index is 6.25. The van der Waals surface area contributed by atoms with Crippen LogP contribution in [0.2, 0.25) is 0 Å². The standard InChI is InChI=1S/C18H24N6/c1-3-12-4-6-13(7-5-12)16-8-17(19)24-18(22-16)15(10-21-24)14-9-20-23(2)11-14/h8-13H,3-7,19H2,1-2H3.